The van der Waals surface area contributed by atoms with Gasteiger partial charge < -0.3 is 15.5 Å². The van der Waals surface area contributed by atoms with Crippen LogP contribution in [0.2, 0.25) is 0 Å². The Morgan fingerprint density at radius 2 is 2.05 bits per heavy atom. The zero-order valence-corrected chi connectivity index (χ0v) is 13.4. The van der Waals surface area contributed by atoms with Crippen molar-refractivity contribution in [3.8, 4) is 0 Å². The highest BCUT2D eigenvalue weighted by Crippen LogP contribution is 2.26. The minimum atomic E-state index is 0.732. The van der Waals surface area contributed by atoms with Crippen LogP contribution in [0.4, 0.5) is 11.8 Å². The molecular weight excluding hydrogens is 282 g/mol. The van der Waals surface area contributed by atoms with Crippen LogP contribution in [0.1, 0.15) is 26.2 Å². The number of rotatable bonds is 7. The molecule has 0 bridgehead atoms. The Labute approximate surface area is 129 Å². The Morgan fingerprint density at radius 3 is 2.86 bits per heavy atom. The Kier molecular flexibility index (Phi) is 4.87. The van der Waals surface area contributed by atoms with Crippen LogP contribution in [0.15, 0.2) is 11.4 Å². The van der Waals surface area contributed by atoms with Crippen molar-refractivity contribution >= 4 is 33.3 Å². The van der Waals surface area contributed by atoms with Gasteiger partial charge in [0.25, 0.3) is 0 Å². The van der Waals surface area contributed by atoms with E-state index in [9.17, 15) is 0 Å². The van der Waals surface area contributed by atoms with Crippen molar-refractivity contribution in [1.29, 1.82) is 0 Å². The third-order valence-electron chi connectivity index (χ3n) is 3.78. The maximum absolute atomic E-state index is 4.63. The number of nitrogens with one attached hydrogen (secondary N) is 2. The fourth-order valence-corrected chi connectivity index (χ4v) is 3.41. The van der Waals surface area contributed by atoms with Crippen LogP contribution in [0.5, 0.6) is 0 Å². The van der Waals surface area contributed by atoms with Crippen molar-refractivity contribution in [2.24, 2.45) is 0 Å². The number of hydrogen-bond acceptors (Lipinski definition) is 6. The summed E-state index contributed by atoms with van der Waals surface area (Å²) in [5.74, 6) is 1.69. The van der Waals surface area contributed by atoms with Crippen molar-refractivity contribution in [3.63, 3.8) is 0 Å². The van der Waals surface area contributed by atoms with Crippen LogP contribution in [0, 0.1) is 0 Å². The van der Waals surface area contributed by atoms with E-state index in [1.54, 1.807) is 11.3 Å². The highest BCUT2D eigenvalue weighted by molar-refractivity contribution is 7.16. The van der Waals surface area contributed by atoms with Crippen LogP contribution in [0.3, 0.4) is 0 Å². The molecule has 0 amide bonds. The lowest BCUT2D eigenvalue weighted by Crippen LogP contribution is -2.26. The van der Waals surface area contributed by atoms with E-state index in [4.69, 9.17) is 0 Å². The maximum Gasteiger partial charge on any atom is 0.226 e. The second kappa shape index (κ2) is 7.04. The molecule has 21 heavy (non-hydrogen) atoms. The van der Waals surface area contributed by atoms with Crippen LogP contribution in [-0.2, 0) is 0 Å². The number of nitrogens with zero attached hydrogens (tertiary/aromatic N) is 3. The third kappa shape index (κ3) is 3.63. The van der Waals surface area contributed by atoms with Crippen LogP contribution in [-0.4, -0.2) is 47.6 Å². The summed E-state index contributed by atoms with van der Waals surface area (Å²) < 4.78 is 0. The van der Waals surface area contributed by atoms with Crippen LogP contribution < -0.4 is 10.6 Å². The molecule has 1 aliphatic rings. The summed E-state index contributed by atoms with van der Waals surface area (Å²) in [7, 11) is 0. The minimum Gasteiger partial charge on any atom is -0.368 e. The molecule has 0 spiro atoms. The van der Waals surface area contributed by atoms with Gasteiger partial charge >= 0.3 is 0 Å². The molecule has 3 heterocycles. The van der Waals surface area contributed by atoms with Gasteiger partial charge in [-0.15, -0.1) is 11.3 Å². The third-order valence-corrected chi connectivity index (χ3v) is 4.58. The summed E-state index contributed by atoms with van der Waals surface area (Å²) >= 11 is 1.67. The van der Waals surface area contributed by atoms with Crippen LogP contribution in [0.25, 0.3) is 10.2 Å². The molecule has 1 saturated heterocycles. The van der Waals surface area contributed by atoms with Gasteiger partial charge in [-0.1, -0.05) is 6.92 Å². The van der Waals surface area contributed by atoms with Gasteiger partial charge in [0.2, 0.25) is 5.95 Å². The van der Waals surface area contributed by atoms with Crippen molar-refractivity contribution in [3.05, 3.63) is 11.4 Å². The standard InChI is InChI=1S/C15H23N5S/c1-2-6-17-15-18-13(12-5-11-21-14(12)19-15)16-7-10-20-8-3-4-9-20/h5,11H,2-4,6-10H2,1H3,(H2,16,17,18,19). The maximum atomic E-state index is 4.63. The van der Waals surface area contributed by atoms with Gasteiger partial charge in [-0.3, -0.25) is 0 Å². The molecule has 1 aliphatic heterocycles. The first-order valence-corrected chi connectivity index (χ1v) is 8.70. The second-order valence-electron chi connectivity index (χ2n) is 5.44. The topological polar surface area (TPSA) is 53.1 Å². The average Bonchev–Trinajstić information content (AvgIpc) is 3.15. The van der Waals surface area contributed by atoms with E-state index < -0.39 is 0 Å². The molecule has 3 rings (SSSR count). The van der Waals surface area contributed by atoms with Gasteiger partial charge in [0.05, 0.1) is 5.39 Å². The molecular formula is C15H23N5S. The fourth-order valence-electron chi connectivity index (χ4n) is 2.64. The molecule has 0 unspecified atom stereocenters. The molecule has 2 aromatic heterocycles. The first-order valence-electron chi connectivity index (χ1n) is 7.82. The molecule has 0 saturated carbocycles. The summed E-state index contributed by atoms with van der Waals surface area (Å²) in [5.41, 5.74) is 0. The van der Waals surface area contributed by atoms with Crippen LogP contribution >= 0.6 is 11.3 Å². The van der Waals surface area contributed by atoms with Crippen molar-refractivity contribution in [1.82, 2.24) is 14.9 Å². The molecule has 2 N–H and O–H groups in total. The highest BCUT2D eigenvalue weighted by Gasteiger charge is 2.12. The van der Waals surface area contributed by atoms with Gasteiger partial charge in [-0.25, -0.2) is 4.98 Å². The van der Waals surface area contributed by atoms with E-state index in [1.807, 2.05) is 0 Å². The van der Waals surface area contributed by atoms with Crippen molar-refractivity contribution in [2.45, 2.75) is 26.2 Å². The quantitative estimate of drug-likeness (QED) is 0.823. The van der Waals surface area contributed by atoms with Crippen molar-refractivity contribution < 1.29 is 0 Å². The lowest BCUT2D eigenvalue weighted by Gasteiger charge is -2.15. The van der Waals surface area contributed by atoms with Gasteiger partial charge in [-0.05, 0) is 43.8 Å². The zero-order valence-electron chi connectivity index (χ0n) is 12.6. The average molecular weight is 305 g/mol. The van der Waals surface area contributed by atoms with Crippen molar-refractivity contribution in [2.75, 3.05) is 43.4 Å². The summed E-state index contributed by atoms with van der Waals surface area (Å²) in [4.78, 5) is 12.8. The lowest BCUT2D eigenvalue weighted by atomic mass is 10.3. The van der Waals surface area contributed by atoms with E-state index in [-0.39, 0.29) is 0 Å². The number of aromatic nitrogens is 2. The van der Waals surface area contributed by atoms with E-state index in [2.05, 4.69) is 43.9 Å². The molecule has 0 aliphatic carbocycles. The van der Waals surface area contributed by atoms with Gasteiger partial charge in [0.15, 0.2) is 0 Å². The molecule has 2 aromatic rings. The monoisotopic (exact) mass is 305 g/mol. The zero-order chi connectivity index (χ0) is 14.5. The number of likely N-dealkylation sites (tertiary alicyclic amines) is 1. The van der Waals surface area contributed by atoms with Gasteiger partial charge in [0, 0.05) is 19.6 Å². The molecule has 0 aromatic carbocycles. The summed E-state index contributed by atoms with van der Waals surface area (Å²) in [6.07, 6.45) is 3.75. The lowest BCUT2D eigenvalue weighted by molar-refractivity contribution is 0.352. The first kappa shape index (κ1) is 14.5. The van der Waals surface area contributed by atoms with Gasteiger partial charge in [-0.2, -0.15) is 4.98 Å². The van der Waals surface area contributed by atoms with E-state index in [0.29, 0.717) is 0 Å². The number of anilines is 2. The second-order valence-corrected chi connectivity index (χ2v) is 6.33. The minimum absolute atomic E-state index is 0.732. The summed E-state index contributed by atoms with van der Waals surface area (Å²) in [6.45, 7) is 7.56. The Balaban J connectivity index is 1.68. The SMILES string of the molecule is CCCNc1nc(NCCN2CCCC2)c2ccsc2n1. The Hall–Kier alpha value is -1.40. The Bertz CT molecular complexity index is 576. The molecule has 6 heteroatoms. The fraction of sp³-hybridized carbons (Fsp3) is 0.600. The molecule has 1 fully saturated rings. The molecule has 0 atom stereocenters. The smallest absolute Gasteiger partial charge is 0.226 e. The summed E-state index contributed by atoms with van der Waals surface area (Å²) in [6, 6.07) is 2.10. The predicted molar refractivity (Wildman–Crippen MR) is 90.4 cm³/mol. The van der Waals surface area contributed by atoms with E-state index in [1.165, 1.54) is 25.9 Å². The number of thiophene rings is 1. The van der Waals surface area contributed by atoms with E-state index in [0.717, 1.165) is 48.0 Å². The van der Waals surface area contributed by atoms with E-state index >= 15 is 0 Å². The van der Waals surface area contributed by atoms with Gasteiger partial charge in [0.1, 0.15) is 10.6 Å². The highest BCUT2D eigenvalue weighted by atomic mass is 32.1. The molecule has 114 valence electrons. The number of fused-ring (bicyclic) bond motifs is 1. The largest absolute Gasteiger partial charge is 0.368 e. The first-order chi connectivity index (χ1) is 10.4. The number of hydrogen-bond donors (Lipinski definition) is 2. The molecule has 0 radical (unpaired) electrons. The summed E-state index contributed by atoms with van der Waals surface area (Å²) in [5, 5.41) is 9.98. The molecule has 5 nitrogen and oxygen atoms in total. The Morgan fingerprint density at radius 1 is 1.19 bits per heavy atom. The predicted octanol–water partition coefficient (Wildman–Crippen LogP) is 3.02. The normalized spacial score (nSPS) is 15.7.